The van der Waals surface area contributed by atoms with Gasteiger partial charge in [0.05, 0.1) is 6.61 Å². The smallest absolute Gasteiger partial charge is 0.255 e. The largest absolute Gasteiger partial charge is 0.383 e. The van der Waals surface area contributed by atoms with Gasteiger partial charge in [0.2, 0.25) is 5.91 Å². The van der Waals surface area contributed by atoms with Gasteiger partial charge >= 0.3 is 0 Å². The Hall–Kier alpha value is -3.19. The first-order chi connectivity index (χ1) is 14.1. The molecule has 1 aliphatic heterocycles. The standard InChI is InChI=1S/C22H25N3O4/c1-29-14-12-23-21(27)19-11-6-13-25(19)22(28)17-9-5-10-18(15-17)24-20(26)16-7-3-2-4-8-16/h2-5,7-10,15,19H,6,11-14H2,1H3,(H,23,27)(H,24,26). The molecule has 1 unspecified atom stereocenters. The molecule has 1 fully saturated rings. The summed E-state index contributed by atoms with van der Waals surface area (Å²) in [5.74, 6) is -0.626. The van der Waals surface area contributed by atoms with Crippen LogP contribution in [0.5, 0.6) is 0 Å². The predicted molar refractivity (Wildman–Crippen MR) is 110 cm³/mol. The number of anilines is 1. The van der Waals surface area contributed by atoms with Crippen LogP contribution in [-0.4, -0.2) is 55.5 Å². The van der Waals surface area contributed by atoms with Crippen molar-refractivity contribution in [3.8, 4) is 0 Å². The van der Waals surface area contributed by atoms with Crippen LogP contribution in [0.2, 0.25) is 0 Å². The highest BCUT2D eigenvalue weighted by Gasteiger charge is 2.34. The van der Waals surface area contributed by atoms with Gasteiger partial charge in [-0.05, 0) is 43.2 Å². The lowest BCUT2D eigenvalue weighted by molar-refractivity contribution is -0.125. The van der Waals surface area contributed by atoms with E-state index in [0.717, 1.165) is 6.42 Å². The summed E-state index contributed by atoms with van der Waals surface area (Å²) in [5, 5.41) is 5.61. The Bertz CT molecular complexity index is 869. The van der Waals surface area contributed by atoms with E-state index < -0.39 is 6.04 Å². The van der Waals surface area contributed by atoms with Crippen molar-refractivity contribution < 1.29 is 19.1 Å². The molecule has 2 aromatic rings. The molecule has 2 N–H and O–H groups in total. The normalized spacial score (nSPS) is 15.8. The maximum absolute atomic E-state index is 13.0. The first kappa shape index (κ1) is 20.5. The first-order valence-corrected chi connectivity index (χ1v) is 9.64. The van der Waals surface area contributed by atoms with Gasteiger partial charge in [-0.2, -0.15) is 0 Å². The quantitative estimate of drug-likeness (QED) is 0.705. The molecule has 1 atom stereocenters. The molecule has 0 spiro atoms. The fraction of sp³-hybridized carbons (Fsp3) is 0.318. The number of nitrogens with one attached hydrogen (secondary N) is 2. The van der Waals surface area contributed by atoms with E-state index in [2.05, 4.69) is 10.6 Å². The second-order valence-electron chi connectivity index (χ2n) is 6.84. The third kappa shape index (κ3) is 5.20. The lowest BCUT2D eigenvalue weighted by Gasteiger charge is -2.24. The lowest BCUT2D eigenvalue weighted by Crippen LogP contribution is -2.46. The number of carbonyl (C=O) groups is 3. The number of ether oxygens (including phenoxy) is 1. The van der Waals surface area contributed by atoms with Crippen molar-refractivity contribution in [2.24, 2.45) is 0 Å². The van der Waals surface area contributed by atoms with Crippen LogP contribution in [0.25, 0.3) is 0 Å². The average Bonchev–Trinajstić information content (AvgIpc) is 3.24. The highest BCUT2D eigenvalue weighted by molar-refractivity contribution is 6.05. The van der Waals surface area contributed by atoms with Crippen molar-refractivity contribution in [3.05, 3.63) is 65.7 Å². The van der Waals surface area contributed by atoms with Crippen LogP contribution in [0.1, 0.15) is 33.6 Å². The van der Waals surface area contributed by atoms with Crippen LogP contribution >= 0.6 is 0 Å². The molecule has 3 amide bonds. The fourth-order valence-corrected chi connectivity index (χ4v) is 3.37. The molecule has 0 radical (unpaired) electrons. The minimum atomic E-state index is -0.484. The molecule has 2 aromatic carbocycles. The average molecular weight is 395 g/mol. The molecule has 29 heavy (non-hydrogen) atoms. The number of rotatable bonds is 7. The number of likely N-dealkylation sites (tertiary alicyclic amines) is 1. The van der Waals surface area contributed by atoms with Gasteiger partial charge in [-0.25, -0.2) is 0 Å². The number of nitrogens with zero attached hydrogens (tertiary/aromatic N) is 1. The van der Waals surface area contributed by atoms with Gasteiger partial charge in [0, 0.05) is 37.0 Å². The monoisotopic (exact) mass is 395 g/mol. The summed E-state index contributed by atoms with van der Waals surface area (Å²) in [5.41, 5.74) is 1.51. The molecule has 7 nitrogen and oxygen atoms in total. The van der Waals surface area contributed by atoms with Gasteiger partial charge in [-0.15, -0.1) is 0 Å². The summed E-state index contributed by atoms with van der Waals surface area (Å²) >= 11 is 0. The Balaban J connectivity index is 1.68. The second-order valence-corrected chi connectivity index (χ2v) is 6.84. The van der Waals surface area contributed by atoms with Crippen molar-refractivity contribution >= 4 is 23.4 Å². The molecule has 0 aliphatic carbocycles. The van der Waals surface area contributed by atoms with Crippen LogP contribution in [0.15, 0.2) is 54.6 Å². The van der Waals surface area contributed by atoms with Crippen LogP contribution in [-0.2, 0) is 9.53 Å². The number of hydrogen-bond donors (Lipinski definition) is 2. The van der Waals surface area contributed by atoms with E-state index in [9.17, 15) is 14.4 Å². The molecule has 0 aromatic heterocycles. The second kappa shape index (κ2) is 9.84. The molecule has 0 saturated carbocycles. The van der Waals surface area contributed by atoms with Gasteiger partial charge in [0.1, 0.15) is 6.04 Å². The summed E-state index contributed by atoms with van der Waals surface area (Å²) < 4.78 is 4.95. The number of benzene rings is 2. The number of hydrogen-bond acceptors (Lipinski definition) is 4. The van der Waals surface area contributed by atoms with E-state index in [-0.39, 0.29) is 17.7 Å². The molecule has 1 aliphatic rings. The maximum Gasteiger partial charge on any atom is 0.255 e. The van der Waals surface area contributed by atoms with E-state index in [4.69, 9.17) is 4.74 Å². The van der Waals surface area contributed by atoms with E-state index in [0.29, 0.717) is 42.9 Å². The Morgan fingerprint density at radius 3 is 2.59 bits per heavy atom. The zero-order valence-electron chi connectivity index (χ0n) is 16.4. The van der Waals surface area contributed by atoms with Crippen molar-refractivity contribution in [1.82, 2.24) is 10.2 Å². The molecule has 3 rings (SSSR count). The van der Waals surface area contributed by atoms with E-state index in [1.54, 1.807) is 60.5 Å². The molecule has 7 heteroatoms. The summed E-state index contributed by atoms with van der Waals surface area (Å²) in [4.78, 5) is 39.4. The third-order valence-corrected chi connectivity index (χ3v) is 4.83. The summed E-state index contributed by atoms with van der Waals surface area (Å²) in [7, 11) is 1.57. The molecular formula is C22H25N3O4. The summed E-state index contributed by atoms with van der Waals surface area (Å²) in [6, 6.07) is 15.2. The van der Waals surface area contributed by atoms with Crippen LogP contribution in [0.4, 0.5) is 5.69 Å². The third-order valence-electron chi connectivity index (χ3n) is 4.83. The van der Waals surface area contributed by atoms with Crippen molar-refractivity contribution in [1.29, 1.82) is 0 Å². The minimum absolute atomic E-state index is 0.165. The predicted octanol–water partition coefficient (Wildman–Crippen LogP) is 2.31. The molecular weight excluding hydrogens is 370 g/mol. The Morgan fingerprint density at radius 1 is 1.07 bits per heavy atom. The SMILES string of the molecule is COCCNC(=O)C1CCCN1C(=O)c1cccc(NC(=O)c2ccccc2)c1. The zero-order valence-corrected chi connectivity index (χ0v) is 16.4. The van der Waals surface area contributed by atoms with Gasteiger partial charge in [-0.3, -0.25) is 14.4 Å². The molecule has 1 heterocycles. The minimum Gasteiger partial charge on any atom is -0.383 e. The topological polar surface area (TPSA) is 87.7 Å². The molecule has 1 saturated heterocycles. The lowest BCUT2D eigenvalue weighted by atomic mass is 10.1. The van der Waals surface area contributed by atoms with E-state index in [1.165, 1.54) is 0 Å². The van der Waals surface area contributed by atoms with Crippen molar-refractivity contribution in [3.63, 3.8) is 0 Å². The first-order valence-electron chi connectivity index (χ1n) is 9.64. The van der Waals surface area contributed by atoms with E-state index >= 15 is 0 Å². The van der Waals surface area contributed by atoms with Gasteiger partial charge < -0.3 is 20.3 Å². The van der Waals surface area contributed by atoms with Crippen molar-refractivity contribution in [2.45, 2.75) is 18.9 Å². The number of amides is 3. The highest BCUT2D eigenvalue weighted by atomic mass is 16.5. The summed E-state index contributed by atoms with van der Waals surface area (Å²) in [6.07, 6.45) is 1.41. The zero-order chi connectivity index (χ0) is 20.6. The maximum atomic E-state index is 13.0. The highest BCUT2D eigenvalue weighted by Crippen LogP contribution is 2.22. The fourth-order valence-electron chi connectivity index (χ4n) is 3.37. The van der Waals surface area contributed by atoms with Crippen LogP contribution in [0.3, 0.4) is 0 Å². The van der Waals surface area contributed by atoms with Gasteiger partial charge in [0.25, 0.3) is 11.8 Å². The van der Waals surface area contributed by atoms with Crippen LogP contribution in [0, 0.1) is 0 Å². The van der Waals surface area contributed by atoms with Crippen LogP contribution < -0.4 is 10.6 Å². The number of methoxy groups -OCH3 is 1. The Labute approximate surface area is 170 Å². The Kier molecular flexibility index (Phi) is 6.97. The van der Waals surface area contributed by atoms with Gasteiger partial charge in [-0.1, -0.05) is 24.3 Å². The van der Waals surface area contributed by atoms with Crippen molar-refractivity contribution in [2.75, 3.05) is 32.1 Å². The molecule has 0 bridgehead atoms. The number of carbonyl (C=O) groups excluding carboxylic acids is 3. The van der Waals surface area contributed by atoms with Gasteiger partial charge in [0.15, 0.2) is 0 Å². The Morgan fingerprint density at radius 2 is 1.83 bits per heavy atom. The molecule has 152 valence electrons. The van der Waals surface area contributed by atoms with E-state index in [1.807, 2.05) is 6.07 Å². The summed E-state index contributed by atoms with van der Waals surface area (Å²) in [6.45, 7) is 1.37.